The van der Waals surface area contributed by atoms with E-state index >= 15 is 0 Å². The number of carbonyl (C=O) groups excluding carboxylic acids is 1. The number of urea groups is 1. The van der Waals surface area contributed by atoms with Crippen LogP contribution in [0.5, 0.6) is 0 Å². The molecular weight excluding hydrogens is 216 g/mol. The number of anilines is 1. The second-order valence-electron chi connectivity index (χ2n) is 4.02. The van der Waals surface area contributed by atoms with Gasteiger partial charge in [-0.25, -0.2) is 10.2 Å². The van der Waals surface area contributed by atoms with Crippen molar-refractivity contribution in [3.8, 4) is 0 Å². The maximum absolute atomic E-state index is 10.4. The highest BCUT2D eigenvalue weighted by Crippen LogP contribution is 2.19. The van der Waals surface area contributed by atoms with E-state index in [2.05, 4.69) is 27.6 Å². The fourth-order valence-corrected chi connectivity index (χ4v) is 1.92. The summed E-state index contributed by atoms with van der Waals surface area (Å²) in [4.78, 5) is 12.8. The van der Waals surface area contributed by atoms with Gasteiger partial charge in [-0.1, -0.05) is 12.1 Å². The Morgan fingerprint density at radius 2 is 1.94 bits per heavy atom. The number of hydrogen-bond acceptors (Lipinski definition) is 3. The van der Waals surface area contributed by atoms with Crippen LogP contribution in [0.3, 0.4) is 0 Å². The zero-order valence-electron chi connectivity index (χ0n) is 9.60. The molecule has 1 fully saturated rings. The van der Waals surface area contributed by atoms with E-state index in [1.54, 1.807) is 6.21 Å². The highest BCUT2D eigenvalue weighted by Gasteiger charge is 2.11. The number of amides is 2. The summed E-state index contributed by atoms with van der Waals surface area (Å²) in [6, 6.07) is 7.42. The minimum absolute atomic E-state index is 0.657. The summed E-state index contributed by atoms with van der Waals surface area (Å²) in [5, 5.41) is 3.71. The fraction of sp³-hybridized carbons (Fsp3) is 0.333. The van der Waals surface area contributed by atoms with Gasteiger partial charge in [0.15, 0.2) is 0 Å². The van der Waals surface area contributed by atoms with E-state index in [9.17, 15) is 4.79 Å². The predicted molar refractivity (Wildman–Crippen MR) is 68.2 cm³/mol. The van der Waals surface area contributed by atoms with Crippen LogP contribution < -0.4 is 16.1 Å². The van der Waals surface area contributed by atoms with Crippen LogP contribution in [0.25, 0.3) is 0 Å². The number of nitrogens with zero attached hydrogens (tertiary/aromatic N) is 2. The Balaban J connectivity index is 1.97. The average molecular weight is 232 g/mol. The molecule has 0 unspecified atom stereocenters. The van der Waals surface area contributed by atoms with Gasteiger partial charge in [0.05, 0.1) is 6.21 Å². The van der Waals surface area contributed by atoms with Gasteiger partial charge in [0.1, 0.15) is 0 Å². The molecule has 5 heteroatoms. The van der Waals surface area contributed by atoms with Crippen molar-refractivity contribution in [3.63, 3.8) is 0 Å². The van der Waals surface area contributed by atoms with E-state index in [1.165, 1.54) is 18.5 Å². The van der Waals surface area contributed by atoms with Crippen LogP contribution in [0.2, 0.25) is 0 Å². The molecule has 0 aromatic heterocycles. The van der Waals surface area contributed by atoms with E-state index in [-0.39, 0.29) is 0 Å². The zero-order chi connectivity index (χ0) is 12.1. The first-order chi connectivity index (χ1) is 8.25. The highest BCUT2D eigenvalue weighted by atomic mass is 16.2. The number of rotatable bonds is 3. The average Bonchev–Trinajstić information content (AvgIpc) is 2.83. The molecule has 2 rings (SSSR count). The third kappa shape index (κ3) is 3.21. The molecule has 0 aliphatic carbocycles. The first-order valence-electron chi connectivity index (χ1n) is 5.69. The lowest BCUT2D eigenvalue weighted by Crippen LogP contribution is -2.24. The smallest absolute Gasteiger partial charge is 0.332 e. The normalized spacial score (nSPS) is 15.4. The molecule has 2 amide bonds. The van der Waals surface area contributed by atoms with Crippen LogP contribution in [-0.2, 0) is 0 Å². The topological polar surface area (TPSA) is 70.7 Å². The monoisotopic (exact) mass is 232 g/mol. The minimum atomic E-state index is -0.657. The van der Waals surface area contributed by atoms with Crippen molar-refractivity contribution >= 4 is 17.9 Å². The van der Waals surface area contributed by atoms with Crippen LogP contribution in [0.1, 0.15) is 18.4 Å². The summed E-state index contributed by atoms with van der Waals surface area (Å²) in [5.74, 6) is 0. The largest absolute Gasteiger partial charge is 0.372 e. The summed E-state index contributed by atoms with van der Waals surface area (Å²) in [5.41, 5.74) is 9.23. The number of primary amides is 1. The number of hydrogen-bond donors (Lipinski definition) is 2. The molecule has 0 radical (unpaired) electrons. The second kappa shape index (κ2) is 5.34. The van der Waals surface area contributed by atoms with Gasteiger partial charge < -0.3 is 10.6 Å². The Labute approximate surface area is 100 Å². The number of benzene rings is 1. The minimum Gasteiger partial charge on any atom is -0.372 e. The van der Waals surface area contributed by atoms with Gasteiger partial charge in [-0.3, -0.25) is 0 Å². The molecule has 1 aliphatic rings. The molecule has 1 saturated heterocycles. The molecule has 1 aromatic rings. The van der Waals surface area contributed by atoms with Crippen molar-refractivity contribution in [2.24, 2.45) is 10.8 Å². The van der Waals surface area contributed by atoms with Crippen molar-refractivity contribution in [2.75, 3.05) is 18.0 Å². The van der Waals surface area contributed by atoms with Gasteiger partial charge in [-0.2, -0.15) is 5.10 Å². The second-order valence-corrected chi connectivity index (χ2v) is 4.02. The molecule has 1 aromatic carbocycles. The number of carbonyl (C=O) groups is 1. The van der Waals surface area contributed by atoms with Crippen LogP contribution in [0, 0.1) is 0 Å². The number of nitrogens with one attached hydrogen (secondary N) is 1. The molecule has 90 valence electrons. The number of hydrazone groups is 1. The van der Waals surface area contributed by atoms with Crippen molar-refractivity contribution in [3.05, 3.63) is 29.8 Å². The zero-order valence-corrected chi connectivity index (χ0v) is 9.60. The van der Waals surface area contributed by atoms with Gasteiger partial charge in [0.2, 0.25) is 0 Å². The maximum Gasteiger partial charge on any atom is 0.332 e. The van der Waals surface area contributed by atoms with E-state index in [4.69, 9.17) is 5.73 Å². The molecular formula is C12H16N4O. The first-order valence-corrected chi connectivity index (χ1v) is 5.69. The summed E-state index contributed by atoms with van der Waals surface area (Å²) in [6.45, 7) is 2.27. The molecule has 5 nitrogen and oxygen atoms in total. The van der Waals surface area contributed by atoms with Gasteiger partial charge >= 0.3 is 6.03 Å². The lowest BCUT2D eigenvalue weighted by atomic mass is 10.2. The first kappa shape index (κ1) is 11.4. The van der Waals surface area contributed by atoms with Crippen LogP contribution in [0.4, 0.5) is 10.5 Å². The van der Waals surface area contributed by atoms with Gasteiger partial charge in [0.25, 0.3) is 0 Å². The fourth-order valence-electron chi connectivity index (χ4n) is 1.92. The van der Waals surface area contributed by atoms with Crippen LogP contribution >= 0.6 is 0 Å². The number of nitrogens with two attached hydrogens (primary N) is 1. The summed E-state index contributed by atoms with van der Waals surface area (Å²) >= 11 is 0. The van der Waals surface area contributed by atoms with Gasteiger partial charge in [-0.15, -0.1) is 0 Å². The third-order valence-electron chi connectivity index (χ3n) is 2.75. The Morgan fingerprint density at radius 3 is 2.53 bits per heavy atom. The summed E-state index contributed by atoms with van der Waals surface area (Å²) in [6.07, 6.45) is 4.11. The lowest BCUT2D eigenvalue weighted by Gasteiger charge is -2.17. The lowest BCUT2D eigenvalue weighted by molar-refractivity contribution is 0.249. The molecule has 1 aliphatic heterocycles. The van der Waals surface area contributed by atoms with Crippen molar-refractivity contribution < 1.29 is 4.79 Å². The van der Waals surface area contributed by atoms with Gasteiger partial charge in [-0.05, 0) is 30.5 Å². The highest BCUT2D eigenvalue weighted by molar-refractivity contribution is 5.82. The van der Waals surface area contributed by atoms with E-state index < -0.39 is 6.03 Å². The maximum atomic E-state index is 10.4. The Hall–Kier alpha value is -2.04. The molecule has 0 atom stereocenters. The molecule has 0 spiro atoms. The molecule has 0 bridgehead atoms. The predicted octanol–water partition coefficient (Wildman–Crippen LogP) is 1.29. The van der Waals surface area contributed by atoms with Crippen LogP contribution in [-0.4, -0.2) is 25.3 Å². The van der Waals surface area contributed by atoms with E-state index in [0.717, 1.165) is 18.7 Å². The van der Waals surface area contributed by atoms with Crippen LogP contribution in [0.15, 0.2) is 29.4 Å². The molecule has 17 heavy (non-hydrogen) atoms. The van der Waals surface area contributed by atoms with Crippen molar-refractivity contribution in [2.45, 2.75) is 12.8 Å². The van der Waals surface area contributed by atoms with E-state index in [0.29, 0.717) is 0 Å². The van der Waals surface area contributed by atoms with Crippen molar-refractivity contribution in [1.82, 2.24) is 5.43 Å². The summed E-state index contributed by atoms with van der Waals surface area (Å²) in [7, 11) is 0. The van der Waals surface area contributed by atoms with Crippen molar-refractivity contribution in [1.29, 1.82) is 0 Å². The molecule has 1 heterocycles. The SMILES string of the molecule is NC(=O)NN=Cc1ccc(N2CCCC2)cc1. The standard InChI is InChI=1S/C12H16N4O/c13-12(17)15-14-9-10-3-5-11(6-4-10)16-7-1-2-8-16/h3-6,9H,1-2,7-8H2,(H3,13,15,17). The molecule has 3 N–H and O–H groups in total. The third-order valence-corrected chi connectivity index (χ3v) is 2.75. The van der Waals surface area contributed by atoms with Gasteiger partial charge in [0, 0.05) is 18.8 Å². The Morgan fingerprint density at radius 1 is 1.29 bits per heavy atom. The Kier molecular flexibility index (Phi) is 3.59. The molecule has 0 saturated carbocycles. The summed E-state index contributed by atoms with van der Waals surface area (Å²) < 4.78 is 0. The van der Waals surface area contributed by atoms with E-state index in [1.807, 2.05) is 12.1 Å². The quantitative estimate of drug-likeness (QED) is 0.609. The Bertz CT molecular complexity index is 407.